The Morgan fingerprint density at radius 3 is 2.60 bits per heavy atom. The summed E-state index contributed by atoms with van der Waals surface area (Å²) < 4.78 is 12.5. The van der Waals surface area contributed by atoms with Crippen LogP contribution in [0, 0.1) is 0 Å². The second kappa shape index (κ2) is 9.60. The fraction of sp³-hybridized carbons (Fsp3) is 0.444. The molecule has 0 saturated heterocycles. The van der Waals surface area contributed by atoms with Gasteiger partial charge in [0.2, 0.25) is 5.91 Å². The van der Waals surface area contributed by atoms with E-state index in [-0.39, 0.29) is 24.4 Å². The van der Waals surface area contributed by atoms with Crippen molar-refractivity contribution in [3.63, 3.8) is 0 Å². The van der Waals surface area contributed by atoms with E-state index in [1.165, 1.54) is 19.3 Å². The summed E-state index contributed by atoms with van der Waals surface area (Å²) in [7, 11) is 1.59. The highest BCUT2D eigenvalue weighted by Gasteiger charge is 2.49. The summed E-state index contributed by atoms with van der Waals surface area (Å²) in [5, 5.41) is 7.92. The number of rotatable bonds is 5. The number of hydrogen-bond donors (Lipinski definition) is 1. The number of aromatic nitrogens is 2. The van der Waals surface area contributed by atoms with Gasteiger partial charge in [0.1, 0.15) is 22.7 Å². The lowest BCUT2D eigenvalue weighted by molar-refractivity contribution is -0.127. The van der Waals surface area contributed by atoms with Crippen LogP contribution in [0.1, 0.15) is 62.4 Å². The third kappa shape index (κ3) is 4.45. The van der Waals surface area contributed by atoms with E-state index in [0.717, 1.165) is 25.7 Å². The van der Waals surface area contributed by atoms with Crippen molar-refractivity contribution >= 4 is 17.5 Å². The van der Waals surface area contributed by atoms with Crippen molar-refractivity contribution in [2.24, 2.45) is 0 Å². The maximum absolute atomic E-state index is 13.9. The van der Waals surface area contributed by atoms with E-state index in [2.05, 4.69) is 10.4 Å². The number of nitrogens with one attached hydrogen (secondary N) is 1. The Balaban J connectivity index is 1.53. The Morgan fingerprint density at radius 1 is 1.11 bits per heavy atom. The summed E-state index contributed by atoms with van der Waals surface area (Å²) in [6.07, 6.45) is 9.37. The van der Waals surface area contributed by atoms with Crippen LogP contribution in [0.3, 0.4) is 0 Å². The molecule has 184 valence electrons. The lowest BCUT2D eigenvalue weighted by Gasteiger charge is -2.43. The van der Waals surface area contributed by atoms with Gasteiger partial charge in [-0.2, -0.15) is 5.10 Å². The number of nitrogens with zero attached hydrogens (tertiary/aromatic N) is 3. The Hall–Kier alpha value is -3.55. The Labute approximate surface area is 205 Å². The summed E-state index contributed by atoms with van der Waals surface area (Å²) in [4.78, 5) is 29.4. The molecule has 1 unspecified atom stereocenters. The predicted molar refractivity (Wildman–Crippen MR) is 132 cm³/mol. The van der Waals surface area contributed by atoms with E-state index in [4.69, 9.17) is 9.15 Å². The second-order valence-electron chi connectivity index (χ2n) is 9.68. The van der Waals surface area contributed by atoms with E-state index >= 15 is 0 Å². The predicted octanol–water partition coefficient (Wildman–Crippen LogP) is 4.80. The van der Waals surface area contributed by atoms with E-state index in [9.17, 15) is 9.59 Å². The van der Waals surface area contributed by atoms with Crippen molar-refractivity contribution < 1.29 is 18.7 Å². The standard InChI is InChI=1S/C27H32N4O4/c1-27(26(33)28-19-10-6-4-3-5-7-11-19)18-30-23(17-22(29-30)24-14-9-15-35-24)25(32)31(27)20-12-8-13-21(16-20)34-2/h8-9,12-17,19H,3-7,10-11,18H2,1-2H3,(H,28,33). The first-order chi connectivity index (χ1) is 17.0. The van der Waals surface area contributed by atoms with Crippen molar-refractivity contribution in [1.29, 1.82) is 0 Å². The number of hydrogen-bond acceptors (Lipinski definition) is 5. The van der Waals surface area contributed by atoms with Crippen LogP contribution in [0.5, 0.6) is 5.75 Å². The first kappa shape index (κ1) is 23.2. The molecule has 1 aromatic carbocycles. The summed E-state index contributed by atoms with van der Waals surface area (Å²) in [6, 6.07) is 12.7. The summed E-state index contributed by atoms with van der Waals surface area (Å²) in [5.74, 6) is 0.742. The number of carbonyl (C=O) groups is 2. The average Bonchev–Trinajstić information content (AvgIpc) is 3.51. The highest BCUT2D eigenvalue weighted by Crippen LogP contribution is 2.36. The van der Waals surface area contributed by atoms with E-state index in [1.807, 2.05) is 25.1 Å². The molecule has 1 fully saturated rings. The van der Waals surface area contributed by atoms with Crippen LogP contribution in [-0.4, -0.2) is 40.3 Å². The number of methoxy groups -OCH3 is 1. The van der Waals surface area contributed by atoms with E-state index < -0.39 is 5.54 Å². The molecule has 1 aliphatic carbocycles. The highest BCUT2D eigenvalue weighted by atomic mass is 16.5. The number of furan rings is 1. The van der Waals surface area contributed by atoms with Gasteiger partial charge in [-0.1, -0.05) is 38.2 Å². The van der Waals surface area contributed by atoms with Crippen LogP contribution in [0.2, 0.25) is 0 Å². The molecule has 3 aromatic rings. The zero-order valence-electron chi connectivity index (χ0n) is 20.3. The molecule has 1 N–H and O–H groups in total. The van der Waals surface area contributed by atoms with Gasteiger partial charge in [0, 0.05) is 23.9 Å². The summed E-state index contributed by atoms with van der Waals surface area (Å²) in [6.45, 7) is 2.05. The molecule has 2 aromatic heterocycles. The van der Waals surface area contributed by atoms with Crippen molar-refractivity contribution in [3.05, 3.63) is 54.4 Å². The van der Waals surface area contributed by atoms with Crippen molar-refractivity contribution in [1.82, 2.24) is 15.1 Å². The van der Waals surface area contributed by atoms with Crippen molar-refractivity contribution in [2.45, 2.75) is 70.0 Å². The minimum atomic E-state index is -1.18. The van der Waals surface area contributed by atoms with Gasteiger partial charge in [-0.3, -0.25) is 19.2 Å². The van der Waals surface area contributed by atoms with Crippen LogP contribution >= 0.6 is 0 Å². The molecule has 0 spiro atoms. The Morgan fingerprint density at radius 2 is 1.89 bits per heavy atom. The van der Waals surface area contributed by atoms with Crippen LogP contribution < -0.4 is 15.0 Å². The molecule has 3 heterocycles. The highest BCUT2D eigenvalue weighted by molar-refractivity contribution is 6.12. The first-order valence-corrected chi connectivity index (χ1v) is 12.4. The fourth-order valence-electron chi connectivity index (χ4n) is 5.22. The number of benzene rings is 1. The van der Waals surface area contributed by atoms with Crippen LogP contribution in [0.4, 0.5) is 5.69 Å². The molecule has 1 saturated carbocycles. The number of ether oxygens (including phenoxy) is 1. The van der Waals surface area contributed by atoms with Crippen molar-refractivity contribution in [2.75, 3.05) is 12.0 Å². The normalized spacial score (nSPS) is 21.2. The van der Waals surface area contributed by atoms with Gasteiger partial charge in [0.05, 0.1) is 19.9 Å². The number of amides is 2. The lowest BCUT2D eigenvalue weighted by Crippen LogP contribution is -2.65. The molecule has 0 radical (unpaired) electrons. The molecule has 0 bridgehead atoms. The zero-order chi connectivity index (χ0) is 24.4. The molecule has 1 aliphatic heterocycles. The van der Waals surface area contributed by atoms with Gasteiger partial charge in [-0.15, -0.1) is 0 Å². The van der Waals surface area contributed by atoms with Gasteiger partial charge >= 0.3 is 0 Å². The van der Waals surface area contributed by atoms with E-state index in [1.54, 1.807) is 47.2 Å². The maximum atomic E-state index is 13.9. The van der Waals surface area contributed by atoms with Gasteiger partial charge in [0.15, 0.2) is 5.76 Å². The molecule has 1 atom stereocenters. The van der Waals surface area contributed by atoms with Gasteiger partial charge in [-0.25, -0.2) is 0 Å². The molecular formula is C27H32N4O4. The van der Waals surface area contributed by atoms with Gasteiger partial charge < -0.3 is 14.5 Å². The second-order valence-corrected chi connectivity index (χ2v) is 9.68. The number of carbonyl (C=O) groups excluding carboxylic acids is 2. The third-order valence-corrected chi connectivity index (χ3v) is 7.17. The largest absolute Gasteiger partial charge is 0.497 e. The minimum Gasteiger partial charge on any atom is -0.497 e. The monoisotopic (exact) mass is 476 g/mol. The molecular weight excluding hydrogens is 444 g/mol. The maximum Gasteiger partial charge on any atom is 0.277 e. The first-order valence-electron chi connectivity index (χ1n) is 12.4. The van der Waals surface area contributed by atoms with E-state index in [0.29, 0.717) is 28.6 Å². The van der Waals surface area contributed by atoms with Gasteiger partial charge in [0.25, 0.3) is 5.91 Å². The van der Waals surface area contributed by atoms with Crippen molar-refractivity contribution in [3.8, 4) is 17.2 Å². The number of anilines is 1. The Kier molecular flexibility index (Phi) is 6.36. The van der Waals surface area contributed by atoms with Crippen LogP contribution in [-0.2, 0) is 11.3 Å². The third-order valence-electron chi connectivity index (χ3n) is 7.17. The Bertz CT molecular complexity index is 1190. The number of fused-ring (bicyclic) bond motifs is 1. The van der Waals surface area contributed by atoms with Crippen LogP contribution in [0.15, 0.2) is 53.1 Å². The molecule has 8 heteroatoms. The van der Waals surface area contributed by atoms with Gasteiger partial charge in [-0.05, 0) is 44.0 Å². The quantitative estimate of drug-likeness (QED) is 0.571. The molecule has 8 nitrogen and oxygen atoms in total. The SMILES string of the molecule is COc1cccc(N2C(=O)c3cc(-c4ccco4)nn3CC2(C)C(=O)NC2CCCCCCC2)c1. The summed E-state index contributed by atoms with van der Waals surface area (Å²) in [5.41, 5.74) is 0.409. The molecule has 2 amide bonds. The fourth-order valence-corrected chi connectivity index (χ4v) is 5.22. The molecule has 2 aliphatic rings. The lowest BCUT2D eigenvalue weighted by atomic mass is 9.91. The zero-order valence-corrected chi connectivity index (χ0v) is 20.3. The average molecular weight is 477 g/mol. The smallest absolute Gasteiger partial charge is 0.277 e. The molecule has 5 rings (SSSR count). The topological polar surface area (TPSA) is 89.6 Å². The molecule has 35 heavy (non-hydrogen) atoms. The minimum absolute atomic E-state index is 0.111. The summed E-state index contributed by atoms with van der Waals surface area (Å²) >= 11 is 0. The van der Waals surface area contributed by atoms with Crippen LogP contribution in [0.25, 0.3) is 11.5 Å².